The van der Waals surface area contributed by atoms with Crippen molar-refractivity contribution < 1.29 is 14.0 Å². The van der Waals surface area contributed by atoms with Crippen molar-refractivity contribution in [2.45, 2.75) is 6.92 Å². The molecule has 1 amide bonds. The van der Waals surface area contributed by atoms with Gasteiger partial charge in [0, 0.05) is 25.2 Å². The molecule has 0 unspecified atom stereocenters. The number of nitrogens with zero attached hydrogens (tertiary/aromatic N) is 1. The molecule has 0 saturated heterocycles. The van der Waals surface area contributed by atoms with Crippen molar-refractivity contribution in [3.05, 3.63) is 47.8 Å². The number of carbonyl (C=O) groups is 2. The van der Waals surface area contributed by atoms with E-state index in [2.05, 4.69) is 0 Å². The Bertz CT molecular complexity index is 437. The summed E-state index contributed by atoms with van der Waals surface area (Å²) in [4.78, 5) is 24.5. The molecule has 0 radical (unpaired) electrons. The van der Waals surface area contributed by atoms with Gasteiger partial charge in [0.05, 0.1) is 0 Å². The Balaban J connectivity index is 2.69. The van der Waals surface area contributed by atoms with Crippen LogP contribution in [0.25, 0.3) is 0 Å². The number of halogens is 1. The Morgan fingerprint density at radius 3 is 2.35 bits per heavy atom. The summed E-state index contributed by atoms with van der Waals surface area (Å²) in [5, 5.41) is 0. The number of carbonyl (C=O) groups excluding carboxylic acids is 2. The molecule has 17 heavy (non-hydrogen) atoms. The predicted molar refractivity (Wildman–Crippen MR) is 63.2 cm³/mol. The molecule has 0 fully saturated rings. The second kappa shape index (κ2) is 5.94. The lowest BCUT2D eigenvalue weighted by Gasteiger charge is -2.10. The van der Waals surface area contributed by atoms with E-state index >= 15 is 0 Å². The molecule has 0 aliphatic rings. The zero-order valence-corrected chi connectivity index (χ0v) is 9.81. The average Bonchev–Trinajstić information content (AvgIpc) is 2.35. The van der Waals surface area contributed by atoms with Crippen LogP contribution in [0.2, 0.25) is 0 Å². The highest BCUT2D eigenvalue weighted by Crippen LogP contribution is 2.04. The molecule has 0 aliphatic carbocycles. The van der Waals surface area contributed by atoms with Crippen LogP contribution in [0.4, 0.5) is 4.39 Å². The Kier molecular flexibility index (Phi) is 4.57. The summed E-state index contributed by atoms with van der Waals surface area (Å²) < 4.78 is 12.6. The van der Waals surface area contributed by atoms with Crippen LogP contribution in [0.3, 0.4) is 0 Å². The first-order valence-electron chi connectivity index (χ1n) is 5.27. The molecular weight excluding hydrogens is 221 g/mol. The van der Waals surface area contributed by atoms with Gasteiger partial charge in [0.1, 0.15) is 5.82 Å². The highest BCUT2D eigenvalue weighted by molar-refractivity contribution is 6.07. The van der Waals surface area contributed by atoms with Gasteiger partial charge in [-0.15, -0.1) is 0 Å². The summed E-state index contributed by atoms with van der Waals surface area (Å²) in [6.45, 7) is 2.42. The first-order valence-corrected chi connectivity index (χ1v) is 5.27. The van der Waals surface area contributed by atoms with E-state index in [1.807, 2.05) is 6.92 Å². The topological polar surface area (TPSA) is 37.4 Å². The SMILES string of the molecule is CCN(C)C(=O)/C=C/C(=O)c1ccc(F)cc1. The molecule has 1 aromatic rings. The molecule has 90 valence electrons. The molecule has 0 bridgehead atoms. The number of rotatable bonds is 4. The van der Waals surface area contributed by atoms with Gasteiger partial charge in [-0.05, 0) is 37.3 Å². The van der Waals surface area contributed by atoms with Gasteiger partial charge in [-0.3, -0.25) is 9.59 Å². The van der Waals surface area contributed by atoms with Crippen molar-refractivity contribution >= 4 is 11.7 Å². The third kappa shape index (κ3) is 3.83. The third-order valence-electron chi connectivity index (χ3n) is 2.36. The maximum absolute atomic E-state index is 12.6. The van der Waals surface area contributed by atoms with Gasteiger partial charge in [-0.2, -0.15) is 0 Å². The number of ketones is 1. The second-order valence-corrected chi connectivity index (χ2v) is 3.56. The van der Waals surface area contributed by atoms with E-state index < -0.39 is 5.82 Å². The van der Waals surface area contributed by atoms with Crippen LogP contribution < -0.4 is 0 Å². The van der Waals surface area contributed by atoms with E-state index in [1.54, 1.807) is 7.05 Å². The van der Waals surface area contributed by atoms with Crippen molar-refractivity contribution in [2.24, 2.45) is 0 Å². The van der Waals surface area contributed by atoms with E-state index in [0.717, 1.165) is 0 Å². The van der Waals surface area contributed by atoms with Crippen LogP contribution >= 0.6 is 0 Å². The Morgan fingerprint density at radius 1 is 1.24 bits per heavy atom. The molecule has 1 aromatic carbocycles. The highest BCUT2D eigenvalue weighted by Gasteiger charge is 2.05. The molecule has 0 N–H and O–H groups in total. The van der Waals surface area contributed by atoms with Gasteiger partial charge in [0.25, 0.3) is 0 Å². The van der Waals surface area contributed by atoms with Crippen LogP contribution in [0, 0.1) is 5.82 Å². The van der Waals surface area contributed by atoms with Crippen LogP contribution in [0.5, 0.6) is 0 Å². The molecule has 0 aromatic heterocycles. The van der Waals surface area contributed by atoms with Gasteiger partial charge >= 0.3 is 0 Å². The largest absolute Gasteiger partial charge is 0.343 e. The van der Waals surface area contributed by atoms with E-state index in [0.29, 0.717) is 12.1 Å². The van der Waals surface area contributed by atoms with E-state index in [-0.39, 0.29) is 11.7 Å². The van der Waals surface area contributed by atoms with Crippen molar-refractivity contribution in [3.63, 3.8) is 0 Å². The van der Waals surface area contributed by atoms with Crippen LogP contribution in [-0.2, 0) is 4.79 Å². The Hall–Kier alpha value is -1.97. The minimum atomic E-state index is -0.396. The molecule has 0 spiro atoms. The van der Waals surface area contributed by atoms with Gasteiger partial charge in [-0.25, -0.2) is 4.39 Å². The molecular formula is C13H14FNO2. The Labute approximate surface area is 99.5 Å². The lowest BCUT2D eigenvalue weighted by Crippen LogP contribution is -2.24. The van der Waals surface area contributed by atoms with E-state index in [4.69, 9.17) is 0 Å². The minimum Gasteiger partial charge on any atom is -0.343 e. The highest BCUT2D eigenvalue weighted by atomic mass is 19.1. The van der Waals surface area contributed by atoms with Gasteiger partial charge in [0.15, 0.2) is 5.78 Å². The molecule has 4 heteroatoms. The maximum Gasteiger partial charge on any atom is 0.246 e. The average molecular weight is 235 g/mol. The zero-order chi connectivity index (χ0) is 12.8. The number of allylic oxidation sites excluding steroid dienone is 1. The van der Waals surface area contributed by atoms with Crippen molar-refractivity contribution in [2.75, 3.05) is 13.6 Å². The fourth-order valence-electron chi connectivity index (χ4n) is 1.14. The fourth-order valence-corrected chi connectivity index (χ4v) is 1.14. The first kappa shape index (κ1) is 13.1. The Morgan fingerprint density at radius 2 is 1.82 bits per heavy atom. The van der Waals surface area contributed by atoms with Gasteiger partial charge in [-0.1, -0.05) is 0 Å². The molecule has 0 aliphatic heterocycles. The summed E-state index contributed by atoms with van der Waals surface area (Å²) in [5.41, 5.74) is 0.356. The number of benzene rings is 1. The lowest BCUT2D eigenvalue weighted by atomic mass is 10.1. The smallest absolute Gasteiger partial charge is 0.246 e. The summed E-state index contributed by atoms with van der Waals surface area (Å²) in [5.74, 6) is -0.946. The second-order valence-electron chi connectivity index (χ2n) is 3.56. The predicted octanol–water partition coefficient (Wildman–Crippen LogP) is 2.04. The molecule has 3 nitrogen and oxygen atoms in total. The first-order chi connectivity index (χ1) is 8.04. The summed E-state index contributed by atoms with van der Waals surface area (Å²) in [7, 11) is 1.65. The van der Waals surface area contributed by atoms with Crippen molar-refractivity contribution in [3.8, 4) is 0 Å². The molecule has 1 rings (SSSR count). The van der Waals surface area contributed by atoms with Gasteiger partial charge < -0.3 is 4.90 Å². The molecule has 0 heterocycles. The number of likely N-dealkylation sites (N-methyl/N-ethyl adjacent to an activating group) is 1. The normalized spacial score (nSPS) is 10.5. The van der Waals surface area contributed by atoms with Crippen LogP contribution in [-0.4, -0.2) is 30.2 Å². The number of amides is 1. The maximum atomic E-state index is 12.6. The zero-order valence-electron chi connectivity index (χ0n) is 9.81. The van der Waals surface area contributed by atoms with Crippen molar-refractivity contribution in [1.29, 1.82) is 0 Å². The van der Waals surface area contributed by atoms with E-state index in [9.17, 15) is 14.0 Å². The fraction of sp³-hybridized carbons (Fsp3) is 0.231. The third-order valence-corrected chi connectivity index (χ3v) is 2.36. The summed E-state index contributed by atoms with van der Waals surface area (Å²) >= 11 is 0. The lowest BCUT2D eigenvalue weighted by molar-refractivity contribution is -0.124. The monoisotopic (exact) mass is 235 g/mol. The van der Waals surface area contributed by atoms with Crippen molar-refractivity contribution in [1.82, 2.24) is 4.90 Å². The van der Waals surface area contributed by atoms with Crippen LogP contribution in [0.1, 0.15) is 17.3 Å². The quantitative estimate of drug-likeness (QED) is 0.591. The standard InChI is InChI=1S/C13H14FNO2/c1-3-15(2)13(17)9-8-12(16)10-4-6-11(14)7-5-10/h4-9H,3H2,1-2H3/b9-8+. The minimum absolute atomic E-state index is 0.233. The van der Waals surface area contributed by atoms with E-state index in [1.165, 1.54) is 41.3 Å². The van der Waals surface area contributed by atoms with Crippen LogP contribution in [0.15, 0.2) is 36.4 Å². The summed E-state index contributed by atoms with van der Waals surface area (Å²) in [6, 6.07) is 5.19. The molecule has 0 saturated carbocycles. The molecule has 0 atom stereocenters. The number of hydrogen-bond donors (Lipinski definition) is 0. The van der Waals surface area contributed by atoms with Gasteiger partial charge in [0.2, 0.25) is 5.91 Å². The number of hydrogen-bond acceptors (Lipinski definition) is 2. The summed E-state index contributed by atoms with van der Waals surface area (Å²) in [6.07, 6.45) is 2.41.